The van der Waals surface area contributed by atoms with E-state index >= 15 is 0 Å². The van der Waals surface area contributed by atoms with Crippen LogP contribution in [0.15, 0.2) is 102 Å². The summed E-state index contributed by atoms with van der Waals surface area (Å²) in [6.07, 6.45) is 0. The smallest absolute Gasteiger partial charge is 0.264 e. The molecule has 4 aromatic carbocycles. The minimum absolute atomic E-state index is 0.0301. The zero-order chi connectivity index (χ0) is 25.0. The Hall–Kier alpha value is -3.68. The standard InChI is InChI=1S/C27H22ClFN2O3S/c1-19-9-15-24(16-10-19)35(33,34)31(18-20-11-13-21(28)14-12-20)26-8-3-2-7-25(26)27(32)30-23-6-4-5-22(29)17-23/h2-17H,18H2,1H3,(H,30,32). The summed E-state index contributed by atoms with van der Waals surface area (Å²) in [7, 11) is -4.05. The van der Waals surface area contributed by atoms with E-state index in [1.807, 2.05) is 6.92 Å². The quantitative estimate of drug-likeness (QED) is 0.312. The lowest BCUT2D eigenvalue weighted by Crippen LogP contribution is -2.32. The Labute approximate surface area is 208 Å². The number of amides is 1. The fraction of sp³-hybridized carbons (Fsp3) is 0.0741. The molecule has 35 heavy (non-hydrogen) atoms. The van der Waals surface area contributed by atoms with Crippen LogP contribution in [0.2, 0.25) is 5.02 Å². The first-order valence-electron chi connectivity index (χ1n) is 10.7. The van der Waals surface area contributed by atoms with E-state index in [1.54, 1.807) is 60.7 Å². The van der Waals surface area contributed by atoms with E-state index in [0.29, 0.717) is 10.6 Å². The summed E-state index contributed by atoms with van der Waals surface area (Å²) in [4.78, 5) is 13.3. The number of nitrogens with zero attached hydrogens (tertiary/aromatic N) is 1. The third kappa shape index (κ3) is 5.70. The van der Waals surface area contributed by atoms with E-state index in [0.717, 1.165) is 5.56 Å². The van der Waals surface area contributed by atoms with Crippen LogP contribution in [0.5, 0.6) is 0 Å². The molecule has 0 heterocycles. The second-order valence-corrected chi connectivity index (χ2v) is 10.2. The monoisotopic (exact) mass is 508 g/mol. The number of anilines is 2. The zero-order valence-electron chi connectivity index (χ0n) is 18.8. The van der Waals surface area contributed by atoms with Crippen molar-refractivity contribution in [2.75, 3.05) is 9.62 Å². The maximum absolute atomic E-state index is 13.8. The topological polar surface area (TPSA) is 66.5 Å². The molecular formula is C27H22ClFN2O3S. The highest BCUT2D eigenvalue weighted by Gasteiger charge is 2.28. The molecule has 0 unspecified atom stereocenters. The predicted octanol–water partition coefficient (Wildman–Crippen LogP) is 6.44. The molecule has 4 rings (SSSR count). The number of halogens is 2. The second kappa shape index (κ2) is 10.3. The van der Waals surface area contributed by atoms with Gasteiger partial charge in [0.25, 0.3) is 15.9 Å². The van der Waals surface area contributed by atoms with Gasteiger partial charge in [-0.2, -0.15) is 0 Å². The van der Waals surface area contributed by atoms with Crippen molar-refractivity contribution in [1.29, 1.82) is 0 Å². The molecule has 4 aromatic rings. The van der Waals surface area contributed by atoms with Crippen LogP contribution < -0.4 is 9.62 Å². The van der Waals surface area contributed by atoms with Crippen LogP contribution in [0, 0.1) is 12.7 Å². The number of rotatable bonds is 7. The number of carbonyl (C=O) groups excluding carboxylic acids is 1. The number of hydrogen-bond acceptors (Lipinski definition) is 3. The largest absolute Gasteiger partial charge is 0.322 e. The van der Waals surface area contributed by atoms with Crippen LogP contribution >= 0.6 is 11.6 Å². The van der Waals surface area contributed by atoms with Gasteiger partial charge < -0.3 is 5.32 Å². The molecule has 0 bridgehead atoms. The first kappa shape index (κ1) is 24.4. The summed E-state index contributed by atoms with van der Waals surface area (Å²) in [5.41, 5.74) is 2.18. The molecule has 8 heteroatoms. The van der Waals surface area contributed by atoms with Crippen molar-refractivity contribution in [1.82, 2.24) is 0 Å². The van der Waals surface area contributed by atoms with E-state index in [2.05, 4.69) is 5.32 Å². The summed E-state index contributed by atoms with van der Waals surface area (Å²) in [5.74, 6) is -1.06. The van der Waals surface area contributed by atoms with E-state index in [-0.39, 0.29) is 28.4 Å². The minimum atomic E-state index is -4.05. The van der Waals surface area contributed by atoms with Gasteiger partial charge in [-0.25, -0.2) is 12.8 Å². The summed E-state index contributed by atoms with van der Waals surface area (Å²) in [6.45, 7) is 1.84. The Bertz CT molecular complexity index is 1460. The van der Waals surface area contributed by atoms with Crippen LogP contribution in [0.25, 0.3) is 0 Å². The number of carbonyl (C=O) groups is 1. The summed E-state index contributed by atoms with van der Waals surface area (Å²) in [6, 6.07) is 25.2. The van der Waals surface area contributed by atoms with Crippen LogP contribution in [0.4, 0.5) is 15.8 Å². The van der Waals surface area contributed by atoms with Crippen LogP contribution in [-0.2, 0) is 16.6 Å². The third-order valence-corrected chi connectivity index (χ3v) is 7.37. The number of nitrogens with one attached hydrogen (secondary N) is 1. The van der Waals surface area contributed by atoms with Crippen molar-refractivity contribution in [2.24, 2.45) is 0 Å². The maximum atomic E-state index is 13.8. The molecule has 0 fully saturated rings. The number of benzene rings is 4. The van der Waals surface area contributed by atoms with Crippen molar-refractivity contribution in [2.45, 2.75) is 18.4 Å². The highest BCUT2D eigenvalue weighted by Crippen LogP contribution is 2.30. The lowest BCUT2D eigenvalue weighted by atomic mass is 10.1. The normalized spacial score (nSPS) is 11.2. The predicted molar refractivity (Wildman–Crippen MR) is 137 cm³/mol. The molecule has 178 valence electrons. The first-order valence-corrected chi connectivity index (χ1v) is 12.6. The molecule has 5 nitrogen and oxygen atoms in total. The summed E-state index contributed by atoms with van der Waals surface area (Å²) < 4.78 is 42.4. The van der Waals surface area contributed by atoms with Crippen LogP contribution in [0.3, 0.4) is 0 Å². The average Bonchev–Trinajstić information content (AvgIpc) is 2.84. The number of aryl methyl sites for hydroxylation is 1. The Morgan fingerprint density at radius 1 is 0.914 bits per heavy atom. The van der Waals surface area contributed by atoms with E-state index in [4.69, 9.17) is 11.6 Å². The fourth-order valence-corrected chi connectivity index (χ4v) is 5.14. The fourth-order valence-electron chi connectivity index (χ4n) is 3.54. The molecule has 0 radical (unpaired) electrons. The molecule has 0 aliphatic rings. The summed E-state index contributed by atoms with van der Waals surface area (Å²) >= 11 is 6.01. The highest BCUT2D eigenvalue weighted by atomic mass is 35.5. The van der Waals surface area contributed by atoms with Gasteiger partial charge in [0.05, 0.1) is 22.7 Å². The third-order valence-electron chi connectivity index (χ3n) is 5.35. The molecule has 1 N–H and O–H groups in total. The Kier molecular flexibility index (Phi) is 7.19. The van der Waals surface area contributed by atoms with Gasteiger partial charge in [-0.1, -0.05) is 59.6 Å². The van der Waals surface area contributed by atoms with Crippen molar-refractivity contribution in [3.63, 3.8) is 0 Å². The minimum Gasteiger partial charge on any atom is -0.322 e. The van der Waals surface area contributed by atoms with Crippen molar-refractivity contribution >= 4 is 38.9 Å². The molecule has 0 saturated carbocycles. The molecule has 1 amide bonds. The number of sulfonamides is 1. The van der Waals surface area contributed by atoms with Crippen LogP contribution in [0.1, 0.15) is 21.5 Å². The van der Waals surface area contributed by atoms with Gasteiger partial charge in [-0.3, -0.25) is 9.10 Å². The van der Waals surface area contributed by atoms with Gasteiger partial charge in [0.1, 0.15) is 5.82 Å². The Morgan fingerprint density at radius 3 is 2.29 bits per heavy atom. The molecule has 0 aliphatic heterocycles. The molecule has 0 aliphatic carbocycles. The van der Waals surface area contributed by atoms with Gasteiger partial charge in [-0.15, -0.1) is 0 Å². The van der Waals surface area contributed by atoms with E-state index in [9.17, 15) is 17.6 Å². The van der Waals surface area contributed by atoms with Crippen molar-refractivity contribution in [3.8, 4) is 0 Å². The molecule has 0 aromatic heterocycles. The number of hydrogen-bond donors (Lipinski definition) is 1. The van der Waals surface area contributed by atoms with E-state index in [1.165, 1.54) is 40.7 Å². The lowest BCUT2D eigenvalue weighted by Gasteiger charge is -2.27. The first-order chi connectivity index (χ1) is 16.7. The van der Waals surface area contributed by atoms with Crippen molar-refractivity contribution in [3.05, 3.63) is 125 Å². The summed E-state index contributed by atoms with van der Waals surface area (Å²) in [5, 5.41) is 3.17. The van der Waals surface area contributed by atoms with E-state index < -0.39 is 21.7 Å². The van der Waals surface area contributed by atoms with Gasteiger partial charge in [0.15, 0.2) is 0 Å². The van der Waals surface area contributed by atoms with Gasteiger partial charge in [-0.05, 0) is 67.1 Å². The Balaban J connectivity index is 1.79. The SMILES string of the molecule is Cc1ccc(S(=O)(=O)N(Cc2ccc(Cl)cc2)c2ccccc2C(=O)Nc2cccc(F)c2)cc1. The maximum Gasteiger partial charge on any atom is 0.264 e. The highest BCUT2D eigenvalue weighted by molar-refractivity contribution is 7.92. The average molecular weight is 509 g/mol. The molecule has 0 saturated heterocycles. The molecule has 0 spiro atoms. The second-order valence-electron chi connectivity index (χ2n) is 7.93. The lowest BCUT2D eigenvalue weighted by molar-refractivity contribution is 0.102. The van der Waals surface area contributed by atoms with Crippen molar-refractivity contribution < 1.29 is 17.6 Å². The van der Waals surface area contributed by atoms with Gasteiger partial charge in [0, 0.05) is 10.7 Å². The zero-order valence-corrected chi connectivity index (χ0v) is 20.4. The number of para-hydroxylation sites is 1. The molecule has 0 atom stereocenters. The van der Waals surface area contributed by atoms with Gasteiger partial charge >= 0.3 is 0 Å². The van der Waals surface area contributed by atoms with Gasteiger partial charge in [0.2, 0.25) is 0 Å². The molecular weight excluding hydrogens is 487 g/mol. The van der Waals surface area contributed by atoms with Crippen LogP contribution in [-0.4, -0.2) is 14.3 Å². The Morgan fingerprint density at radius 2 is 1.60 bits per heavy atom.